The molecular formula is C5H8INO4. The summed E-state index contributed by atoms with van der Waals surface area (Å²) in [7, 11) is 0. The van der Waals surface area contributed by atoms with E-state index in [-0.39, 0.29) is 11.0 Å². The van der Waals surface area contributed by atoms with Crippen molar-refractivity contribution in [1.82, 2.24) is 0 Å². The van der Waals surface area contributed by atoms with Crippen LogP contribution in [0.15, 0.2) is 0 Å². The summed E-state index contributed by atoms with van der Waals surface area (Å²) in [6.45, 7) is 1.79. The topological polar surface area (TPSA) is 69.4 Å². The fraction of sp³-hybridized carbons (Fsp3) is 0.800. The largest absolute Gasteiger partial charge is 0.461 e. The van der Waals surface area contributed by atoms with Gasteiger partial charge >= 0.3 is 12.0 Å². The quantitative estimate of drug-likeness (QED) is 0.248. The van der Waals surface area contributed by atoms with Crippen LogP contribution in [0.25, 0.3) is 0 Å². The average molecular weight is 273 g/mol. The highest BCUT2D eigenvalue weighted by Gasteiger charge is 2.29. The lowest BCUT2D eigenvalue weighted by Gasteiger charge is -2.03. The van der Waals surface area contributed by atoms with Gasteiger partial charge in [-0.05, 0) is 6.92 Å². The minimum atomic E-state index is -1.21. The summed E-state index contributed by atoms with van der Waals surface area (Å²) >= 11 is 1.78. The van der Waals surface area contributed by atoms with Crippen LogP contribution >= 0.6 is 22.6 Å². The SMILES string of the molecule is CCOC(=O)C(CI)[N+](=O)[O-]. The highest BCUT2D eigenvalue weighted by Crippen LogP contribution is 1.99. The van der Waals surface area contributed by atoms with E-state index in [1.807, 2.05) is 0 Å². The van der Waals surface area contributed by atoms with Gasteiger partial charge in [-0.3, -0.25) is 10.1 Å². The molecule has 0 aromatic rings. The fourth-order valence-corrected chi connectivity index (χ4v) is 1.13. The molecule has 0 amide bonds. The summed E-state index contributed by atoms with van der Waals surface area (Å²) in [5.41, 5.74) is 0. The molecule has 0 N–H and O–H groups in total. The highest BCUT2D eigenvalue weighted by atomic mass is 127. The van der Waals surface area contributed by atoms with Gasteiger partial charge in [0.2, 0.25) is 0 Å². The van der Waals surface area contributed by atoms with E-state index >= 15 is 0 Å². The van der Waals surface area contributed by atoms with Gasteiger partial charge in [0.25, 0.3) is 0 Å². The van der Waals surface area contributed by atoms with E-state index in [0.29, 0.717) is 0 Å². The standard InChI is InChI=1S/C5H8INO4/c1-2-11-5(8)4(3-6)7(9)10/h4H,2-3H2,1H3. The van der Waals surface area contributed by atoms with Crippen molar-refractivity contribution in [3.8, 4) is 0 Å². The Morgan fingerprint density at radius 2 is 2.36 bits per heavy atom. The summed E-state index contributed by atoms with van der Waals surface area (Å²) in [5, 5.41) is 10.1. The van der Waals surface area contributed by atoms with E-state index in [4.69, 9.17) is 0 Å². The molecule has 5 nitrogen and oxygen atoms in total. The van der Waals surface area contributed by atoms with Crippen molar-refractivity contribution in [1.29, 1.82) is 0 Å². The van der Waals surface area contributed by atoms with E-state index in [9.17, 15) is 14.9 Å². The highest BCUT2D eigenvalue weighted by molar-refractivity contribution is 14.1. The second kappa shape index (κ2) is 5.28. The number of alkyl halides is 1. The Morgan fingerprint density at radius 3 is 2.64 bits per heavy atom. The van der Waals surface area contributed by atoms with E-state index in [2.05, 4.69) is 4.74 Å². The van der Waals surface area contributed by atoms with E-state index < -0.39 is 16.9 Å². The predicted molar refractivity (Wildman–Crippen MR) is 46.3 cm³/mol. The second-order valence-corrected chi connectivity index (χ2v) is 2.59. The first-order valence-electron chi connectivity index (χ1n) is 2.99. The van der Waals surface area contributed by atoms with Crippen LogP contribution in [0.5, 0.6) is 0 Å². The maximum atomic E-state index is 10.7. The molecule has 0 heterocycles. The van der Waals surface area contributed by atoms with Crippen LogP contribution in [-0.2, 0) is 9.53 Å². The summed E-state index contributed by atoms with van der Waals surface area (Å²) in [6.07, 6.45) is 0. The van der Waals surface area contributed by atoms with Gasteiger partial charge in [0.05, 0.1) is 11.0 Å². The lowest BCUT2D eigenvalue weighted by Crippen LogP contribution is -2.32. The lowest BCUT2D eigenvalue weighted by atomic mass is 10.4. The summed E-state index contributed by atoms with van der Waals surface area (Å²) in [4.78, 5) is 20.3. The van der Waals surface area contributed by atoms with Crippen molar-refractivity contribution in [3.05, 3.63) is 10.1 Å². The number of rotatable bonds is 4. The Bertz CT molecular complexity index is 161. The van der Waals surface area contributed by atoms with Crippen molar-refractivity contribution in [2.75, 3.05) is 11.0 Å². The zero-order valence-corrected chi connectivity index (χ0v) is 8.11. The van der Waals surface area contributed by atoms with E-state index in [0.717, 1.165) is 0 Å². The third-order valence-corrected chi connectivity index (χ3v) is 1.79. The number of hydrogen-bond acceptors (Lipinski definition) is 4. The van der Waals surface area contributed by atoms with Crippen LogP contribution < -0.4 is 0 Å². The molecule has 0 radical (unpaired) electrons. The number of carbonyl (C=O) groups is 1. The molecule has 0 bridgehead atoms. The number of halogens is 1. The Kier molecular flexibility index (Phi) is 5.08. The van der Waals surface area contributed by atoms with Crippen LogP contribution in [0, 0.1) is 10.1 Å². The van der Waals surface area contributed by atoms with E-state index in [1.54, 1.807) is 29.5 Å². The molecule has 0 aliphatic carbocycles. The Hall–Kier alpha value is -0.400. The first-order chi connectivity index (χ1) is 5.13. The van der Waals surface area contributed by atoms with Crippen molar-refractivity contribution in [2.45, 2.75) is 13.0 Å². The molecule has 64 valence electrons. The van der Waals surface area contributed by atoms with Gasteiger partial charge in [-0.15, -0.1) is 0 Å². The molecule has 0 saturated carbocycles. The Balaban J connectivity index is 4.03. The van der Waals surface area contributed by atoms with Gasteiger partial charge in [-0.1, -0.05) is 22.6 Å². The molecule has 1 unspecified atom stereocenters. The Labute approximate surface area is 77.4 Å². The molecule has 11 heavy (non-hydrogen) atoms. The van der Waals surface area contributed by atoms with Crippen molar-refractivity contribution < 1.29 is 14.5 Å². The van der Waals surface area contributed by atoms with Crippen LogP contribution in [0.4, 0.5) is 0 Å². The fourth-order valence-electron chi connectivity index (χ4n) is 0.444. The second-order valence-electron chi connectivity index (χ2n) is 1.71. The van der Waals surface area contributed by atoms with Gasteiger partial charge < -0.3 is 4.74 Å². The monoisotopic (exact) mass is 273 g/mol. The van der Waals surface area contributed by atoms with Crippen molar-refractivity contribution >= 4 is 28.6 Å². The van der Waals surface area contributed by atoms with Crippen LogP contribution in [0.2, 0.25) is 0 Å². The van der Waals surface area contributed by atoms with Crippen molar-refractivity contribution in [2.24, 2.45) is 0 Å². The van der Waals surface area contributed by atoms with Gasteiger partial charge in [0, 0.05) is 4.92 Å². The van der Waals surface area contributed by atoms with Gasteiger partial charge in [-0.2, -0.15) is 0 Å². The number of carbonyl (C=O) groups excluding carboxylic acids is 1. The minimum Gasteiger partial charge on any atom is -0.461 e. The van der Waals surface area contributed by atoms with Gasteiger partial charge in [0.15, 0.2) is 0 Å². The van der Waals surface area contributed by atoms with Gasteiger partial charge in [-0.25, -0.2) is 4.79 Å². The average Bonchev–Trinajstić information content (AvgIpc) is 1.88. The molecule has 0 spiro atoms. The third kappa shape index (κ3) is 3.49. The predicted octanol–water partition coefficient (Wildman–Crippen LogP) is 0.630. The smallest absolute Gasteiger partial charge is 0.382 e. The van der Waals surface area contributed by atoms with Crippen LogP contribution in [-0.4, -0.2) is 28.0 Å². The number of ether oxygens (including phenoxy) is 1. The summed E-state index contributed by atoms with van der Waals surface area (Å²) < 4.78 is 4.61. The molecule has 0 aliphatic heterocycles. The molecule has 0 saturated heterocycles. The number of esters is 1. The maximum absolute atomic E-state index is 10.7. The molecule has 0 aromatic carbocycles. The van der Waals surface area contributed by atoms with Gasteiger partial charge in [0.1, 0.15) is 0 Å². The van der Waals surface area contributed by atoms with Crippen LogP contribution in [0.3, 0.4) is 0 Å². The summed E-state index contributed by atoms with van der Waals surface area (Å²) in [6, 6.07) is -1.21. The molecule has 6 heteroatoms. The summed E-state index contributed by atoms with van der Waals surface area (Å²) in [5.74, 6) is -0.757. The third-order valence-electron chi connectivity index (χ3n) is 0.959. The lowest BCUT2D eigenvalue weighted by molar-refractivity contribution is -0.504. The molecule has 0 aliphatic rings. The normalized spacial score (nSPS) is 12.2. The Morgan fingerprint density at radius 1 is 1.82 bits per heavy atom. The zero-order chi connectivity index (χ0) is 8.85. The van der Waals surface area contributed by atoms with Crippen LogP contribution in [0.1, 0.15) is 6.92 Å². The maximum Gasteiger partial charge on any atom is 0.382 e. The molecule has 0 aromatic heterocycles. The first-order valence-corrected chi connectivity index (χ1v) is 4.52. The molecular weight excluding hydrogens is 265 g/mol. The molecule has 1 atom stereocenters. The number of nitrogens with zero attached hydrogens (tertiary/aromatic N) is 1. The van der Waals surface area contributed by atoms with E-state index in [1.165, 1.54) is 0 Å². The number of nitro groups is 1. The molecule has 0 rings (SSSR count). The molecule has 0 fully saturated rings. The number of hydrogen-bond donors (Lipinski definition) is 0. The zero-order valence-electron chi connectivity index (χ0n) is 5.95. The van der Waals surface area contributed by atoms with Crippen molar-refractivity contribution in [3.63, 3.8) is 0 Å². The minimum absolute atomic E-state index is 0.142. The first kappa shape index (κ1) is 10.6.